The van der Waals surface area contributed by atoms with Crippen molar-refractivity contribution in [3.8, 4) is 0 Å². The number of ether oxygens (including phenoxy) is 1. The molecule has 1 rings (SSSR count). The highest BCUT2D eigenvalue weighted by molar-refractivity contribution is 5.88. The fourth-order valence-electron chi connectivity index (χ4n) is 1.77. The molecule has 0 amide bonds. The molecule has 0 saturated heterocycles. The van der Waals surface area contributed by atoms with Crippen LogP contribution in [0, 0.1) is 0 Å². The van der Waals surface area contributed by atoms with Crippen LogP contribution in [0.2, 0.25) is 0 Å². The van der Waals surface area contributed by atoms with E-state index in [0.29, 0.717) is 6.07 Å². The largest absolute Gasteiger partial charge is 0.478 e. The van der Waals surface area contributed by atoms with E-state index in [1.807, 2.05) is 0 Å². The second-order valence-electron chi connectivity index (χ2n) is 4.40. The monoisotopic (exact) mass is 322 g/mol. The molecule has 0 saturated carbocycles. The number of carbonyl (C=O) groups is 2. The van der Waals surface area contributed by atoms with Gasteiger partial charge in [0, 0.05) is 0 Å². The van der Waals surface area contributed by atoms with E-state index in [0.717, 1.165) is 19.2 Å². The second kappa shape index (κ2) is 6.75. The Kier molecular flexibility index (Phi) is 5.50. The van der Waals surface area contributed by atoms with Crippen molar-refractivity contribution in [2.75, 3.05) is 7.11 Å². The molecule has 0 fully saturated rings. The van der Waals surface area contributed by atoms with Gasteiger partial charge >= 0.3 is 18.1 Å². The van der Waals surface area contributed by atoms with E-state index < -0.39 is 53.4 Å². The van der Waals surface area contributed by atoms with Crippen molar-refractivity contribution in [1.29, 1.82) is 0 Å². The molecule has 0 aliphatic carbocycles. The standard InChI is InChI=1S/C13H13F3O6/c1-22-10(18)5-9(17)11(19)7-3-2-6(12(20)21)4-8(7)13(14,15)16/h2-4,9,11,17,19H,5H2,1H3,(H,20,21). The molecule has 2 unspecified atom stereocenters. The minimum Gasteiger partial charge on any atom is -0.478 e. The van der Waals surface area contributed by atoms with E-state index in [1.54, 1.807) is 0 Å². The molecule has 0 aliphatic rings. The lowest BCUT2D eigenvalue weighted by molar-refractivity contribution is -0.145. The number of esters is 1. The van der Waals surface area contributed by atoms with Gasteiger partial charge in [0.05, 0.1) is 30.8 Å². The minimum atomic E-state index is -4.94. The predicted octanol–water partition coefficient (Wildman–Crippen LogP) is 1.36. The first-order chi connectivity index (χ1) is 10.1. The molecule has 0 heterocycles. The van der Waals surface area contributed by atoms with Crippen molar-refractivity contribution in [2.24, 2.45) is 0 Å². The molecule has 1 aromatic carbocycles. The van der Waals surface area contributed by atoms with Gasteiger partial charge in [-0.3, -0.25) is 4.79 Å². The third-order valence-corrected chi connectivity index (χ3v) is 2.89. The number of aliphatic hydroxyl groups excluding tert-OH is 2. The molecule has 6 nitrogen and oxygen atoms in total. The maximum Gasteiger partial charge on any atom is 0.416 e. The number of aliphatic hydroxyl groups is 2. The Balaban J connectivity index is 3.22. The van der Waals surface area contributed by atoms with Crippen LogP contribution < -0.4 is 0 Å². The van der Waals surface area contributed by atoms with Crippen LogP contribution in [0.5, 0.6) is 0 Å². The van der Waals surface area contributed by atoms with Gasteiger partial charge in [0.1, 0.15) is 6.10 Å². The summed E-state index contributed by atoms with van der Waals surface area (Å²) in [5, 5.41) is 28.1. The highest BCUT2D eigenvalue weighted by Gasteiger charge is 2.37. The summed E-state index contributed by atoms with van der Waals surface area (Å²) in [6.45, 7) is 0. The third-order valence-electron chi connectivity index (χ3n) is 2.89. The SMILES string of the molecule is COC(=O)CC(O)C(O)c1ccc(C(=O)O)cc1C(F)(F)F. The maximum atomic E-state index is 13.0. The smallest absolute Gasteiger partial charge is 0.416 e. The van der Waals surface area contributed by atoms with E-state index in [1.165, 1.54) is 0 Å². The molecular formula is C13H13F3O6. The summed E-state index contributed by atoms with van der Waals surface area (Å²) in [6, 6.07) is 1.96. The number of benzene rings is 1. The summed E-state index contributed by atoms with van der Waals surface area (Å²) in [4.78, 5) is 21.7. The lowest BCUT2D eigenvalue weighted by Crippen LogP contribution is -2.25. The van der Waals surface area contributed by atoms with Crippen LogP contribution >= 0.6 is 0 Å². The second-order valence-corrected chi connectivity index (χ2v) is 4.40. The first-order valence-electron chi connectivity index (χ1n) is 5.95. The average molecular weight is 322 g/mol. The Bertz CT molecular complexity index is 569. The maximum absolute atomic E-state index is 13.0. The molecule has 9 heteroatoms. The molecule has 3 N–H and O–H groups in total. The summed E-state index contributed by atoms with van der Waals surface area (Å²) in [5.41, 5.74) is -2.75. The van der Waals surface area contributed by atoms with E-state index in [2.05, 4.69) is 4.74 Å². The molecule has 0 aromatic heterocycles. The summed E-state index contributed by atoms with van der Waals surface area (Å²) in [7, 11) is 1.02. The van der Waals surface area contributed by atoms with E-state index in [4.69, 9.17) is 5.11 Å². The Morgan fingerprint density at radius 3 is 2.32 bits per heavy atom. The summed E-state index contributed by atoms with van der Waals surface area (Å²) in [5.74, 6) is -2.48. The first-order valence-corrected chi connectivity index (χ1v) is 5.95. The van der Waals surface area contributed by atoms with Crippen molar-refractivity contribution in [1.82, 2.24) is 0 Å². The number of carboxylic acids is 1. The third kappa shape index (κ3) is 4.18. The Morgan fingerprint density at radius 1 is 1.27 bits per heavy atom. The summed E-state index contributed by atoms with van der Waals surface area (Å²) < 4.78 is 43.1. The number of hydrogen-bond acceptors (Lipinski definition) is 5. The fourth-order valence-corrected chi connectivity index (χ4v) is 1.77. The van der Waals surface area contributed by atoms with E-state index >= 15 is 0 Å². The first kappa shape index (κ1) is 17.9. The van der Waals surface area contributed by atoms with Crippen LogP contribution in [0.3, 0.4) is 0 Å². The fraction of sp³-hybridized carbons (Fsp3) is 0.385. The topological polar surface area (TPSA) is 104 Å². The number of halogens is 3. The molecule has 0 radical (unpaired) electrons. The Hall–Kier alpha value is -2.13. The van der Waals surface area contributed by atoms with Crippen molar-refractivity contribution < 1.29 is 42.8 Å². The summed E-state index contributed by atoms with van der Waals surface area (Å²) in [6.07, 6.45) is -9.51. The van der Waals surface area contributed by atoms with Gasteiger partial charge in [0.2, 0.25) is 0 Å². The Morgan fingerprint density at radius 2 is 1.86 bits per heavy atom. The molecule has 0 aliphatic heterocycles. The van der Waals surface area contributed by atoms with Gasteiger partial charge in [0.25, 0.3) is 0 Å². The number of carboxylic acid groups (broad SMARTS) is 1. The summed E-state index contributed by atoms with van der Waals surface area (Å²) >= 11 is 0. The van der Waals surface area contributed by atoms with Crippen molar-refractivity contribution in [3.05, 3.63) is 34.9 Å². The molecule has 0 spiro atoms. The molecule has 0 bridgehead atoms. The highest BCUT2D eigenvalue weighted by atomic mass is 19.4. The van der Waals surface area contributed by atoms with Crippen LogP contribution in [-0.2, 0) is 15.7 Å². The molecule has 1 aromatic rings. The van der Waals surface area contributed by atoms with Gasteiger partial charge in [-0.05, 0) is 17.7 Å². The van der Waals surface area contributed by atoms with Crippen LogP contribution in [0.25, 0.3) is 0 Å². The van der Waals surface area contributed by atoms with Crippen LogP contribution in [-0.4, -0.2) is 40.5 Å². The molecule has 2 atom stereocenters. The number of rotatable bonds is 5. The van der Waals surface area contributed by atoms with Gasteiger partial charge in [-0.1, -0.05) is 6.07 Å². The number of methoxy groups -OCH3 is 1. The van der Waals surface area contributed by atoms with Gasteiger partial charge < -0.3 is 20.1 Å². The predicted molar refractivity (Wildman–Crippen MR) is 66.0 cm³/mol. The van der Waals surface area contributed by atoms with Gasteiger partial charge in [-0.15, -0.1) is 0 Å². The highest BCUT2D eigenvalue weighted by Crippen LogP contribution is 2.36. The lowest BCUT2D eigenvalue weighted by Gasteiger charge is -2.21. The van der Waals surface area contributed by atoms with Gasteiger partial charge in [-0.2, -0.15) is 13.2 Å². The minimum absolute atomic E-state index is 0.353. The van der Waals surface area contributed by atoms with Crippen LogP contribution in [0.15, 0.2) is 18.2 Å². The van der Waals surface area contributed by atoms with Crippen LogP contribution in [0.1, 0.15) is 34.0 Å². The quantitative estimate of drug-likeness (QED) is 0.707. The number of alkyl halides is 3. The lowest BCUT2D eigenvalue weighted by atomic mass is 9.95. The average Bonchev–Trinajstić information content (AvgIpc) is 2.44. The zero-order valence-corrected chi connectivity index (χ0v) is 11.3. The number of hydrogen-bond donors (Lipinski definition) is 3. The normalized spacial score (nSPS) is 14.3. The number of aromatic carboxylic acids is 1. The van der Waals surface area contributed by atoms with Crippen LogP contribution in [0.4, 0.5) is 13.2 Å². The van der Waals surface area contributed by atoms with Gasteiger partial charge in [0.15, 0.2) is 0 Å². The van der Waals surface area contributed by atoms with Gasteiger partial charge in [-0.25, -0.2) is 4.79 Å². The zero-order chi connectivity index (χ0) is 17.1. The number of carbonyl (C=O) groups excluding carboxylic acids is 1. The molecule has 122 valence electrons. The molecule has 22 heavy (non-hydrogen) atoms. The molecular weight excluding hydrogens is 309 g/mol. The van der Waals surface area contributed by atoms with E-state index in [9.17, 15) is 33.0 Å². The van der Waals surface area contributed by atoms with Crippen molar-refractivity contribution in [2.45, 2.75) is 24.8 Å². The van der Waals surface area contributed by atoms with E-state index in [-0.39, 0.29) is 0 Å². The zero-order valence-electron chi connectivity index (χ0n) is 11.3. The Labute approximate surface area is 122 Å². The van der Waals surface area contributed by atoms with Crippen molar-refractivity contribution in [3.63, 3.8) is 0 Å². The van der Waals surface area contributed by atoms with Crippen molar-refractivity contribution >= 4 is 11.9 Å².